The number of ether oxygens (including phenoxy) is 1. The molecule has 0 unspecified atom stereocenters. The lowest BCUT2D eigenvalue weighted by molar-refractivity contribution is -0.00000541. The maximum atomic E-state index is 5.83. The van der Waals surface area contributed by atoms with Gasteiger partial charge in [0.05, 0.1) is 6.54 Å². The Morgan fingerprint density at radius 1 is 1.14 bits per heavy atom. The van der Waals surface area contributed by atoms with E-state index in [0.29, 0.717) is 0 Å². The third-order valence-corrected chi connectivity index (χ3v) is 3.46. The molecule has 0 aliphatic heterocycles. The highest BCUT2D eigenvalue weighted by molar-refractivity contribution is 9.10. The molecule has 1 aromatic heterocycles. The molecule has 1 N–H and O–H groups in total. The second-order valence-corrected chi connectivity index (χ2v) is 5.42. The topological polar surface area (TPSA) is 34.4 Å². The van der Waals surface area contributed by atoms with Gasteiger partial charge in [-0.25, -0.2) is 0 Å². The highest BCUT2D eigenvalue weighted by atomic mass is 79.9. The molecule has 0 saturated carbocycles. The van der Waals surface area contributed by atoms with E-state index in [1.54, 1.807) is 0 Å². The van der Waals surface area contributed by atoms with Crippen LogP contribution in [0.1, 0.15) is 19.1 Å². The minimum atomic E-state index is 0. The summed E-state index contributed by atoms with van der Waals surface area (Å²) in [5, 5.41) is 3.35. The molecule has 21 heavy (non-hydrogen) atoms. The summed E-state index contributed by atoms with van der Waals surface area (Å²) < 4.78 is 12.2. The molecule has 0 spiro atoms. The third kappa shape index (κ3) is 6.22. The second kappa shape index (κ2) is 10.0. The van der Waals surface area contributed by atoms with Crippen molar-refractivity contribution in [1.82, 2.24) is 5.32 Å². The van der Waals surface area contributed by atoms with Gasteiger partial charge in [0, 0.05) is 23.2 Å². The van der Waals surface area contributed by atoms with Gasteiger partial charge < -0.3 is 26.9 Å². The van der Waals surface area contributed by atoms with Crippen LogP contribution >= 0.6 is 15.9 Å². The Hall–Kier alpha value is -0.810. The van der Waals surface area contributed by atoms with Crippen LogP contribution in [0, 0.1) is 0 Å². The summed E-state index contributed by atoms with van der Waals surface area (Å²) in [6, 6.07) is 12.2. The molecular formula is C16H20BrClNO2-. The fraction of sp³-hybridized carbons (Fsp3) is 0.375. The normalized spacial score (nSPS) is 10.4. The van der Waals surface area contributed by atoms with Gasteiger partial charge in [0.15, 0.2) is 0 Å². The SMILES string of the molecule is CCOCCCNCc1ccc(-c2ccc(Br)cc2)o1.[Cl-]. The van der Waals surface area contributed by atoms with E-state index in [0.717, 1.165) is 54.3 Å². The zero-order chi connectivity index (χ0) is 14.2. The Morgan fingerprint density at radius 3 is 2.62 bits per heavy atom. The lowest BCUT2D eigenvalue weighted by Gasteiger charge is -2.03. The molecule has 1 aromatic carbocycles. The standard InChI is InChI=1S/C16H20BrNO2.ClH/c1-2-19-11-3-10-18-12-15-8-9-16(20-15)13-4-6-14(17)7-5-13;/h4-9,18H,2-3,10-12H2,1H3;1H/p-1. The van der Waals surface area contributed by atoms with Gasteiger partial charge in [-0.15, -0.1) is 0 Å². The predicted molar refractivity (Wildman–Crippen MR) is 84.7 cm³/mol. The van der Waals surface area contributed by atoms with Crippen LogP contribution in [0.15, 0.2) is 45.3 Å². The Labute approximate surface area is 140 Å². The van der Waals surface area contributed by atoms with E-state index in [4.69, 9.17) is 9.15 Å². The summed E-state index contributed by atoms with van der Waals surface area (Å²) in [4.78, 5) is 0. The van der Waals surface area contributed by atoms with Crippen molar-refractivity contribution in [2.45, 2.75) is 19.9 Å². The van der Waals surface area contributed by atoms with Crippen LogP contribution in [0.5, 0.6) is 0 Å². The third-order valence-electron chi connectivity index (χ3n) is 2.94. The van der Waals surface area contributed by atoms with Crippen LogP contribution in [-0.2, 0) is 11.3 Å². The van der Waals surface area contributed by atoms with Crippen molar-refractivity contribution in [2.75, 3.05) is 19.8 Å². The number of nitrogens with one attached hydrogen (secondary N) is 1. The van der Waals surface area contributed by atoms with E-state index in [1.165, 1.54) is 0 Å². The van der Waals surface area contributed by atoms with Crippen LogP contribution in [0.25, 0.3) is 11.3 Å². The molecule has 0 atom stereocenters. The zero-order valence-electron chi connectivity index (χ0n) is 12.1. The van der Waals surface area contributed by atoms with Crippen molar-refractivity contribution in [3.8, 4) is 11.3 Å². The van der Waals surface area contributed by atoms with Gasteiger partial charge in [-0.3, -0.25) is 0 Å². The van der Waals surface area contributed by atoms with E-state index in [2.05, 4.69) is 21.2 Å². The molecule has 0 aliphatic carbocycles. The lowest BCUT2D eigenvalue weighted by Crippen LogP contribution is -3.00. The summed E-state index contributed by atoms with van der Waals surface area (Å²) in [6.07, 6.45) is 1.02. The summed E-state index contributed by atoms with van der Waals surface area (Å²) in [6.45, 7) is 5.30. The van der Waals surface area contributed by atoms with Gasteiger partial charge in [0.1, 0.15) is 11.5 Å². The first-order valence-electron chi connectivity index (χ1n) is 6.92. The van der Waals surface area contributed by atoms with Crippen LogP contribution in [0.2, 0.25) is 0 Å². The zero-order valence-corrected chi connectivity index (χ0v) is 14.4. The first-order chi connectivity index (χ1) is 9.79. The molecule has 0 radical (unpaired) electrons. The Balaban J connectivity index is 0.00000220. The average Bonchev–Trinajstić information content (AvgIpc) is 2.92. The number of rotatable bonds is 8. The highest BCUT2D eigenvalue weighted by Gasteiger charge is 2.04. The quantitative estimate of drug-likeness (QED) is 0.707. The molecule has 0 fully saturated rings. The van der Waals surface area contributed by atoms with E-state index in [9.17, 15) is 0 Å². The van der Waals surface area contributed by atoms with E-state index in [1.807, 2.05) is 43.3 Å². The lowest BCUT2D eigenvalue weighted by atomic mass is 10.2. The monoisotopic (exact) mass is 372 g/mol. The summed E-state index contributed by atoms with van der Waals surface area (Å²) in [5.74, 6) is 1.86. The van der Waals surface area contributed by atoms with Crippen LogP contribution in [0.3, 0.4) is 0 Å². The maximum absolute atomic E-state index is 5.83. The number of halogens is 2. The first kappa shape index (κ1) is 18.2. The van der Waals surface area contributed by atoms with E-state index >= 15 is 0 Å². The fourth-order valence-corrected chi connectivity index (χ4v) is 2.16. The highest BCUT2D eigenvalue weighted by Crippen LogP contribution is 2.23. The molecule has 0 amide bonds. The molecule has 5 heteroatoms. The fourth-order valence-electron chi connectivity index (χ4n) is 1.90. The van der Waals surface area contributed by atoms with Gasteiger partial charge in [0.2, 0.25) is 0 Å². The summed E-state index contributed by atoms with van der Waals surface area (Å²) >= 11 is 3.43. The van der Waals surface area contributed by atoms with E-state index < -0.39 is 0 Å². The van der Waals surface area contributed by atoms with Crippen molar-refractivity contribution in [2.24, 2.45) is 0 Å². The van der Waals surface area contributed by atoms with Crippen molar-refractivity contribution in [3.63, 3.8) is 0 Å². The van der Waals surface area contributed by atoms with Crippen molar-refractivity contribution >= 4 is 15.9 Å². The van der Waals surface area contributed by atoms with Gasteiger partial charge in [-0.1, -0.05) is 28.1 Å². The van der Waals surface area contributed by atoms with Gasteiger partial charge >= 0.3 is 0 Å². The molecular weight excluding hydrogens is 354 g/mol. The Morgan fingerprint density at radius 2 is 1.90 bits per heavy atom. The number of hydrogen-bond acceptors (Lipinski definition) is 3. The maximum Gasteiger partial charge on any atom is 0.134 e. The molecule has 1 heterocycles. The largest absolute Gasteiger partial charge is 1.00 e. The van der Waals surface area contributed by atoms with Crippen molar-refractivity contribution in [1.29, 1.82) is 0 Å². The first-order valence-corrected chi connectivity index (χ1v) is 7.72. The summed E-state index contributed by atoms with van der Waals surface area (Å²) in [7, 11) is 0. The molecule has 2 aromatic rings. The van der Waals surface area contributed by atoms with Gasteiger partial charge in [-0.05, 0) is 44.2 Å². The molecule has 0 bridgehead atoms. The van der Waals surface area contributed by atoms with Gasteiger partial charge in [-0.2, -0.15) is 0 Å². The Bertz CT molecular complexity index is 513. The molecule has 3 nitrogen and oxygen atoms in total. The van der Waals surface area contributed by atoms with Gasteiger partial charge in [0.25, 0.3) is 0 Å². The Kier molecular flexibility index (Phi) is 8.69. The molecule has 0 saturated heterocycles. The molecule has 2 rings (SSSR count). The van der Waals surface area contributed by atoms with Crippen LogP contribution in [-0.4, -0.2) is 19.8 Å². The average molecular weight is 374 g/mol. The van der Waals surface area contributed by atoms with Crippen LogP contribution < -0.4 is 17.7 Å². The number of furan rings is 1. The van der Waals surface area contributed by atoms with Crippen molar-refractivity contribution in [3.05, 3.63) is 46.6 Å². The van der Waals surface area contributed by atoms with E-state index in [-0.39, 0.29) is 12.4 Å². The molecule has 116 valence electrons. The number of hydrogen-bond donors (Lipinski definition) is 1. The van der Waals surface area contributed by atoms with Crippen LogP contribution in [0.4, 0.5) is 0 Å². The minimum Gasteiger partial charge on any atom is -1.00 e. The van der Waals surface area contributed by atoms with Crippen molar-refractivity contribution < 1.29 is 21.6 Å². The smallest absolute Gasteiger partial charge is 0.134 e. The molecule has 0 aliphatic rings. The minimum absolute atomic E-state index is 0. The summed E-state index contributed by atoms with van der Waals surface area (Å²) in [5.41, 5.74) is 1.09. The number of benzene rings is 1. The predicted octanol–water partition coefficient (Wildman–Crippen LogP) is 1.23. The second-order valence-electron chi connectivity index (χ2n) is 4.50.